The maximum atomic E-state index is 10.2. The summed E-state index contributed by atoms with van der Waals surface area (Å²) < 4.78 is 98.2. The smallest absolute Gasteiger partial charge is 0.241 e. The Labute approximate surface area is 178 Å². The van der Waals surface area contributed by atoms with Crippen molar-refractivity contribution in [2.24, 2.45) is 0 Å². The monoisotopic (exact) mass is 512 g/mol. The van der Waals surface area contributed by atoms with E-state index in [1.54, 1.807) is 6.92 Å². The average Bonchev–Trinajstić information content (AvgIpc) is 2.68. The summed E-state index contributed by atoms with van der Waals surface area (Å²) in [5.41, 5.74) is 0. The molecule has 149 valence electrons. The number of hydrogen-bond donors (Lipinski definition) is 0. The Balaban J connectivity index is -0.00000000668. The summed E-state index contributed by atoms with van der Waals surface area (Å²) >= 11 is 0. The third-order valence-corrected chi connectivity index (χ3v) is 0. The molecule has 0 N–H and O–H groups in total. The molecule has 0 aliphatic heterocycles. The summed E-state index contributed by atoms with van der Waals surface area (Å²) in [6, 6.07) is 0. The first-order valence-corrected chi connectivity index (χ1v) is 2.76. The van der Waals surface area contributed by atoms with Crippen LogP contribution < -0.4 is 0 Å². The van der Waals surface area contributed by atoms with E-state index >= 15 is 0 Å². The number of halogens is 3. The third kappa shape index (κ3) is 10400. The molecule has 0 aromatic rings. The minimum atomic E-state index is -4.25. The van der Waals surface area contributed by atoms with Crippen LogP contribution in [0.15, 0.2) is 0 Å². The van der Waals surface area contributed by atoms with Gasteiger partial charge < -0.3 is 0 Å². The Kier molecular flexibility index (Phi) is 1970. The Morgan fingerprint density at radius 2 is 0.385 bits per heavy atom. The van der Waals surface area contributed by atoms with Gasteiger partial charge >= 0.3 is 102 Å². The fourth-order valence-corrected chi connectivity index (χ4v) is 0. The van der Waals surface area contributed by atoms with Gasteiger partial charge in [-0.2, -0.15) is 0 Å². The third-order valence-electron chi connectivity index (χ3n) is 0. The zero-order valence-corrected chi connectivity index (χ0v) is 14.6. The number of rotatable bonds is 0. The van der Waals surface area contributed by atoms with Crippen molar-refractivity contribution < 1.29 is 105 Å². The maximum absolute atomic E-state index is 10.2. The summed E-state index contributed by atoms with van der Waals surface area (Å²) in [4.78, 5) is 0. The van der Waals surface area contributed by atoms with Crippen LogP contribution in [0, 0.1) is 66.8 Å². The van der Waals surface area contributed by atoms with Crippen molar-refractivity contribution in [1.82, 2.24) is 0 Å². The Bertz CT molecular complexity index is 235. The van der Waals surface area contributed by atoms with Crippen molar-refractivity contribution in [2.45, 2.75) is 6.18 Å². The summed E-state index contributed by atoms with van der Waals surface area (Å²) in [5, 5.41) is 0. The molecule has 0 heterocycles. The second kappa shape index (κ2) is 512. The van der Waals surface area contributed by atoms with Crippen molar-refractivity contribution >= 4 is 0 Å². The van der Waals surface area contributed by atoms with Crippen LogP contribution in [-0.2, 0) is 92.2 Å². The van der Waals surface area contributed by atoms with E-state index in [4.69, 9.17) is 41.9 Å². The summed E-state index contributed by atoms with van der Waals surface area (Å²) in [5.74, 6) is 0. The van der Waals surface area contributed by atoms with E-state index in [0.717, 1.165) is 0 Å². The molecule has 9 nitrogen and oxygen atoms in total. The van der Waals surface area contributed by atoms with E-state index in [1.807, 2.05) is 0 Å². The van der Waals surface area contributed by atoms with Gasteiger partial charge in [-0.05, 0) is 0 Å². The fourth-order valence-electron chi connectivity index (χ4n) is 0. The normalized spacial score (nSPS) is 3.00. The molecular formula is C11H2Co3F3O9-. The first-order chi connectivity index (χ1) is 11.0. The van der Waals surface area contributed by atoms with Crippen LogP contribution in [0.3, 0.4) is 0 Å². The molecule has 0 spiro atoms. The van der Waals surface area contributed by atoms with Crippen LogP contribution in [0.5, 0.6) is 0 Å². The predicted molar refractivity (Wildman–Crippen MR) is 46.8 cm³/mol. The quantitative estimate of drug-likeness (QED) is 0.333. The zero-order valence-electron chi connectivity index (χ0n) is 11.5. The van der Waals surface area contributed by atoms with Gasteiger partial charge in [0, 0.05) is 50.3 Å². The average molecular weight is 512 g/mol. The topological polar surface area (TPSA) is 179 Å². The molecule has 0 saturated heterocycles. The van der Waals surface area contributed by atoms with Crippen LogP contribution in [0.2, 0.25) is 0 Å². The molecule has 0 fully saturated rings. The van der Waals surface area contributed by atoms with E-state index in [2.05, 4.69) is 59.9 Å². The largest absolute Gasteiger partial charge is 0.268 e. The molecule has 0 aliphatic carbocycles. The van der Waals surface area contributed by atoms with E-state index in [-0.39, 0.29) is 50.3 Å². The van der Waals surface area contributed by atoms with E-state index in [0.29, 0.717) is 0 Å². The van der Waals surface area contributed by atoms with Crippen LogP contribution in [0.4, 0.5) is 13.2 Å². The van der Waals surface area contributed by atoms with E-state index in [9.17, 15) is 13.2 Å². The molecule has 15 heteroatoms. The van der Waals surface area contributed by atoms with Crippen molar-refractivity contribution in [1.29, 1.82) is 0 Å². The van der Waals surface area contributed by atoms with Gasteiger partial charge in [0.2, 0.25) is 0 Å². The van der Waals surface area contributed by atoms with Gasteiger partial charge in [-0.3, -0.25) is 0 Å². The Morgan fingerprint density at radius 3 is 0.385 bits per heavy atom. The Hall–Kier alpha value is -1.03. The van der Waals surface area contributed by atoms with Crippen LogP contribution in [0.1, 0.15) is 0 Å². The molecule has 0 rings (SSSR count). The molecule has 0 saturated carbocycles. The van der Waals surface area contributed by atoms with Gasteiger partial charge in [-0.15, -0.1) is 0 Å². The second-order valence-electron chi connectivity index (χ2n) is 0.615. The van der Waals surface area contributed by atoms with Crippen LogP contribution in [0.25, 0.3) is 0 Å². The molecular weight excluding hydrogens is 510 g/mol. The maximum Gasteiger partial charge on any atom is 0.268 e. The Morgan fingerprint density at radius 1 is 0.385 bits per heavy atom. The molecule has 0 amide bonds. The molecule has 3 radical (unpaired) electrons. The standard InChI is InChI=1S/C2H2F3.9CO.3Co/c1-2(3,4)5;9*1-2;;;/h1H2;;;;;;;;;;;;/q-1;;;;;;;;;;;;. The minimum absolute atomic E-state index is 0. The molecule has 0 aromatic heterocycles. The number of alkyl halides is 3. The molecule has 0 atom stereocenters. The van der Waals surface area contributed by atoms with Gasteiger partial charge in [0.15, 0.2) is 0 Å². The predicted octanol–water partition coefficient (Wildman–Crippen LogP) is 1.04. The van der Waals surface area contributed by atoms with Gasteiger partial charge in [0.25, 0.3) is 6.18 Å². The van der Waals surface area contributed by atoms with Gasteiger partial charge in [-0.1, -0.05) is 0 Å². The summed E-state index contributed by atoms with van der Waals surface area (Å²) in [6.45, 7) is 42.3. The number of hydrogen-bond acceptors (Lipinski definition) is 0. The van der Waals surface area contributed by atoms with Gasteiger partial charge in [0.1, 0.15) is 0 Å². The summed E-state index contributed by atoms with van der Waals surface area (Å²) in [6.07, 6.45) is -4.25. The van der Waals surface area contributed by atoms with Crippen molar-refractivity contribution in [2.75, 3.05) is 0 Å². The summed E-state index contributed by atoms with van der Waals surface area (Å²) in [7, 11) is 0. The first-order valence-electron chi connectivity index (χ1n) is 2.76. The SMILES string of the molecule is [C-]#[O+].[C-]#[O+].[C-]#[O+].[C-]#[O+].[C-]#[O+].[C-]#[O+].[C-]#[O+].[C-]#[O+].[C-]#[O+].[CH2-]C(F)(F)F.[Co].[Co].[Co]. The van der Waals surface area contributed by atoms with Crippen molar-refractivity contribution in [3.63, 3.8) is 0 Å². The van der Waals surface area contributed by atoms with Crippen molar-refractivity contribution in [3.8, 4) is 0 Å². The van der Waals surface area contributed by atoms with Gasteiger partial charge in [-0.25, -0.2) is 20.1 Å². The first kappa shape index (κ1) is 100. The zero-order chi connectivity index (χ0) is 22.5. The molecule has 26 heavy (non-hydrogen) atoms. The second-order valence-corrected chi connectivity index (χ2v) is 0.615. The van der Waals surface area contributed by atoms with Crippen LogP contribution in [-0.4, -0.2) is 6.18 Å². The molecule has 0 bridgehead atoms. The van der Waals surface area contributed by atoms with Crippen molar-refractivity contribution in [3.05, 3.63) is 66.8 Å². The van der Waals surface area contributed by atoms with Gasteiger partial charge in [0.05, 0.1) is 0 Å². The van der Waals surface area contributed by atoms with E-state index in [1.165, 1.54) is 0 Å². The fraction of sp³-hybridized carbons (Fsp3) is 0.0909. The molecule has 0 aromatic carbocycles. The molecule has 0 aliphatic rings. The minimum Gasteiger partial charge on any atom is -0.241 e. The van der Waals surface area contributed by atoms with E-state index < -0.39 is 6.18 Å². The van der Waals surface area contributed by atoms with Crippen LogP contribution >= 0.6 is 0 Å². The molecule has 0 unspecified atom stereocenters.